The molecule has 0 fully saturated rings. The predicted octanol–water partition coefficient (Wildman–Crippen LogP) is 3.04. The Morgan fingerprint density at radius 2 is 1.70 bits per heavy atom. The maximum Gasteiger partial charge on any atom is 0.416 e. The molecule has 3 rings (SSSR count). The van der Waals surface area contributed by atoms with Crippen molar-refractivity contribution in [3.8, 4) is 0 Å². The predicted molar refractivity (Wildman–Crippen MR) is 96.0 cm³/mol. The van der Waals surface area contributed by atoms with E-state index in [1.54, 1.807) is 12.1 Å². The van der Waals surface area contributed by atoms with Gasteiger partial charge in [-0.25, -0.2) is 8.42 Å². The summed E-state index contributed by atoms with van der Waals surface area (Å²) in [6.07, 6.45) is -4.38. The number of nitrogens with zero attached hydrogens (tertiary/aromatic N) is 1. The smallest absolute Gasteiger partial charge is 0.301 e. The second-order valence-corrected chi connectivity index (χ2v) is 7.94. The van der Waals surface area contributed by atoms with E-state index in [0.717, 1.165) is 17.7 Å². The van der Waals surface area contributed by atoms with Gasteiger partial charge in [-0.15, -0.1) is 0 Å². The monoisotopic (exact) mass is 397 g/mol. The first-order chi connectivity index (χ1) is 12.6. The quantitative estimate of drug-likeness (QED) is 0.837. The van der Waals surface area contributed by atoms with Crippen molar-refractivity contribution in [1.29, 1.82) is 0 Å². The molecule has 0 radical (unpaired) electrons. The Balaban J connectivity index is 1.67. The summed E-state index contributed by atoms with van der Waals surface area (Å²) in [6.45, 7) is 2.24. The zero-order valence-electron chi connectivity index (χ0n) is 14.4. The third-order valence-electron chi connectivity index (χ3n) is 4.20. The van der Waals surface area contributed by atoms with Gasteiger partial charge in [0.2, 0.25) is 0 Å². The van der Waals surface area contributed by atoms with Gasteiger partial charge in [-0.3, -0.25) is 9.71 Å². The van der Waals surface area contributed by atoms with E-state index in [2.05, 4.69) is 15.0 Å². The van der Waals surface area contributed by atoms with Gasteiger partial charge >= 0.3 is 6.18 Å². The number of nitrogens with one attached hydrogen (secondary N) is 2. The molecular formula is C18H18F3N3O2S. The zero-order valence-corrected chi connectivity index (χ0v) is 15.2. The number of hydrogen-bond acceptors (Lipinski definition) is 4. The zero-order chi connectivity index (χ0) is 19.7. The van der Waals surface area contributed by atoms with Crippen LogP contribution in [0.25, 0.3) is 0 Å². The highest BCUT2D eigenvalue weighted by Gasteiger charge is 2.30. The molecule has 27 heavy (non-hydrogen) atoms. The highest BCUT2D eigenvalue weighted by atomic mass is 32.2. The molecule has 1 aliphatic heterocycles. The standard InChI is InChI=1S/C18H18F3N3O2S/c1-12-2-8-15(9-3-12)27(25,26)24-17-11-22-16(10-23-17)13-4-6-14(7-5-13)18(19,20)21/h2-9,16,22H,10-11H2,1H3,(H,23,24). The molecule has 0 aromatic heterocycles. The van der Waals surface area contributed by atoms with Crippen molar-refractivity contribution in [2.45, 2.75) is 24.0 Å². The van der Waals surface area contributed by atoms with E-state index in [9.17, 15) is 21.6 Å². The summed E-state index contributed by atoms with van der Waals surface area (Å²) >= 11 is 0. The summed E-state index contributed by atoms with van der Waals surface area (Å²) in [5.74, 6) is 0.263. The molecule has 0 spiro atoms. The molecule has 0 saturated heterocycles. The van der Waals surface area contributed by atoms with E-state index in [0.29, 0.717) is 5.56 Å². The van der Waals surface area contributed by atoms with Gasteiger partial charge in [-0.05, 0) is 36.8 Å². The number of rotatable bonds is 3. The number of benzene rings is 2. The molecule has 9 heteroatoms. The normalized spacial score (nSPS) is 18.1. The fourth-order valence-electron chi connectivity index (χ4n) is 2.67. The van der Waals surface area contributed by atoms with Crippen molar-refractivity contribution in [3.05, 3.63) is 65.2 Å². The summed E-state index contributed by atoms with van der Waals surface area (Å²) in [6, 6.07) is 11.0. The molecule has 5 nitrogen and oxygen atoms in total. The number of sulfonamides is 1. The Kier molecular flexibility index (Phi) is 5.25. The maximum absolute atomic E-state index is 12.6. The molecule has 1 aliphatic rings. The Hall–Kier alpha value is -2.39. The molecular weight excluding hydrogens is 379 g/mol. The molecule has 2 N–H and O–H groups in total. The Bertz CT molecular complexity index is 937. The Morgan fingerprint density at radius 3 is 2.22 bits per heavy atom. The first-order valence-corrected chi connectivity index (χ1v) is 9.67. The fraction of sp³-hybridized carbons (Fsp3) is 0.278. The van der Waals surface area contributed by atoms with Crippen molar-refractivity contribution in [2.24, 2.45) is 4.99 Å². The first-order valence-electron chi connectivity index (χ1n) is 8.18. The lowest BCUT2D eigenvalue weighted by molar-refractivity contribution is -0.137. The highest BCUT2D eigenvalue weighted by molar-refractivity contribution is 7.90. The van der Waals surface area contributed by atoms with Crippen LogP contribution >= 0.6 is 0 Å². The van der Waals surface area contributed by atoms with Crippen LogP contribution < -0.4 is 10.0 Å². The van der Waals surface area contributed by atoms with Crippen molar-refractivity contribution in [3.63, 3.8) is 0 Å². The number of amidine groups is 1. The second-order valence-electron chi connectivity index (χ2n) is 6.26. The van der Waals surface area contributed by atoms with Gasteiger partial charge in [-0.1, -0.05) is 29.8 Å². The lowest BCUT2D eigenvalue weighted by Crippen LogP contribution is -2.43. The number of aryl methyl sites for hydroxylation is 1. The summed E-state index contributed by atoms with van der Waals surface area (Å²) in [7, 11) is -3.73. The Labute approximate surface area is 155 Å². The Morgan fingerprint density at radius 1 is 1.07 bits per heavy atom. The lowest BCUT2D eigenvalue weighted by atomic mass is 10.0. The maximum atomic E-state index is 12.6. The van der Waals surface area contributed by atoms with Gasteiger partial charge < -0.3 is 5.32 Å². The molecule has 0 aliphatic carbocycles. The van der Waals surface area contributed by atoms with Gasteiger partial charge in [0, 0.05) is 0 Å². The number of halogens is 3. The first kappa shape index (κ1) is 19.4. The molecule has 0 saturated carbocycles. The van der Waals surface area contributed by atoms with Crippen LogP contribution in [-0.4, -0.2) is 27.3 Å². The molecule has 1 unspecified atom stereocenters. The van der Waals surface area contributed by atoms with Crippen LogP contribution in [0.4, 0.5) is 13.2 Å². The molecule has 1 heterocycles. The van der Waals surface area contributed by atoms with Crippen molar-refractivity contribution in [2.75, 3.05) is 13.1 Å². The van der Waals surface area contributed by atoms with Crippen LogP contribution in [0.15, 0.2) is 58.4 Å². The largest absolute Gasteiger partial charge is 0.416 e. The SMILES string of the molecule is Cc1ccc(S(=O)(=O)NC2=NCC(c3ccc(C(F)(F)F)cc3)NC2)cc1. The molecule has 144 valence electrons. The van der Waals surface area contributed by atoms with Crippen molar-refractivity contribution >= 4 is 15.9 Å². The van der Waals surface area contributed by atoms with E-state index in [4.69, 9.17) is 0 Å². The van der Waals surface area contributed by atoms with E-state index >= 15 is 0 Å². The average Bonchev–Trinajstić information content (AvgIpc) is 2.62. The van der Waals surface area contributed by atoms with E-state index < -0.39 is 21.8 Å². The van der Waals surface area contributed by atoms with Crippen molar-refractivity contribution in [1.82, 2.24) is 10.0 Å². The summed E-state index contributed by atoms with van der Waals surface area (Å²) in [4.78, 5) is 4.37. The summed E-state index contributed by atoms with van der Waals surface area (Å²) in [5, 5.41) is 3.09. The van der Waals surface area contributed by atoms with E-state index in [1.165, 1.54) is 24.3 Å². The lowest BCUT2D eigenvalue weighted by Gasteiger charge is -2.24. The van der Waals surface area contributed by atoms with Crippen LogP contribution in [-0.2, 0) is 16.2 Å². The third kappa shape index (κ3) is 4.67. The van der Waals surface area contributed by atoms with Gasteiger partial charge in [0.05, 0.1) is 29.6 Å². The minimum Gasteiger partial charge on any atom is -0.301 e. The summed E-state index contributed by atoms with van der Waals surface area (Å²) < 4.78 is 65.1. The van der Waals surface area contributed by atoms with Gasteiger partial charge in [0.15, 0.2) is 0 Å². The average molecular weight is 397 g/mol. The van der Waals surface area contributed by atoms with Crippen LogP contribution in [0.2, 0.25) is 0 Å². The molecule has 2 aromatic carbocycles. The van der Waals surface area contributed by atoms with Crippen LogP contribution in [0.3, 0.4) is 0 Å². The van der Waals surface area contributed by atoms with Crippen molar-refractivity contribution < 1.29 is 21.6 Å². The second kappa shape index (κ2) is 7.32. The molecule has 0 bridgehead atoms. The van der Waals surface area contributed by atoms with Gasteiger partial charge in [0.1, 0.15) is 5.84 Å². The van der Waals surface area contributed by atoms with E-state index in [-0.39, 0.29) is 29.9 Å². The van der Waals surface area contributed by atoms with Gasteiger partial charge in [-0.2, -0.15) is 13.2 Å². The minimum atomic E-state index is -4.38. The highest BCUT2D eigenvalue weighted by Crippen LogP contribution is 2.30. The fourth-order valence-corrected chi connectivity index (χ4v) is 3.73. The molecule has 1 atom stereocenters. The molecule has 2 aromatic rings. The third-order valence-corrected chi connectivity index (χ3v) is 5.60. The molecule has 0 amide bonds. The summed E-state index contributed by atoms with van der Waals surface area (Å²) in [5.41, 5.74) is 0.898. The van der Waals surface area contributed by atoms with Crippen LogP contribution in [0.5, 0.6) is 0 Å². The number of hydrogen-bond donors (Lipinski definition) is 2. The minimum absolute atomic E-state index is 0.140. The van der Waals surface area contributed by atoms with Gasteiger partial charge in [0.25, 0.3) is 10.0 Å². The number of aliphatic imine (C=N–C) groups is 1. The van der Waals surface area contributed by atoms with Crippen LogP contribution in [0.1, 0.15) is 22.7 Å². The number of alkyl halides is 3. The topological polar surface area (TPSA) is 70.6 Å². The van der Waals surface area contributed by atoms with E-state index in [1.807, 2.05) is 6.92 Å². The van der Waals surface area contributed by atoms with Crippen LogP contribution in [0, 0.1) is 6.92 Å².